The molecule has 2 aromatic rings. The van der Waals surface area contributed by atoms with Crippen molar-refractivity contribution >= 4 is 44.8 Å². The molecule has 0 saturated carbocycles. The Morgan fingerprint density at radius 3 is 2.50 bits per heavy atom. The van der Waals surface area contributed by atoms with Gasteiger partial charge in [0.15, 0.2) is 0 Å². The standard InChI is InChI=1S/C14H12BrCl2N/c1-9-6-11(3-4-12(9)15)18-8-10-2-5-13(16)14(17)7-10/h2-7,18H,8H2,1H3. The van der Waals surface area contributed by atoms with Crippen molar-refractivity contribution in [2.45, 2.75) is 13.5 Å². The summed E-state index contributed by atoms with van der Waals surface area (Å²) < 4.78 is 1.11. The normalized spacial score (nSPS) is 10.4. The fourth-order valence-corrected chi connectivity index (χ4v) is 2.18. The molecule has 0 saturated heterocycles. The van der Waals surface area contributed by atoms with Gasteiger partial charge in [-0.2, -0.15) is 0 Å². The van der Waals surface area contributed by atoms with Gasteiger partial charge in [0, 0.05) is 16.7 Å². The first-order valence-electron chi connectivity index (χ1n) is 5.50. The highest BCUT2D eigenvalue weighted by molar-refractivity contribution is 9.10. The predicted octanol–water partition coefficient (Wildman–Crippen LogP) is 5.68. The number of halogens is 3. The molecule has 2 rings (SSSR count). The van der Waals surface area contributed by atoms with Crippen LogP contribution < -0.4 is 5.32 Å². The molecule has 0 fully saturated rings. The summed E-state index contributed by atoms with van der Waals surface area (Å²) in [6.07, 6.45) is 0. The summed E-state index contributed by atoms with van der Waals surface area (Å²) in [5.41, 5.74) is 3.39. The van der Waals surface area contributed by atoms with Crippen LogP contribution in [0.2, 0.25) is 10.0 Å². The first kappa shape index (κ1) is 13.7. The minimum Gasteiger partial charge on any atom is -0.381 e. The van der Waals surface area contributed by atoms with E-state index in [9.17, 15) is 0 Å². The van der Waals surface area contributed by atoms with Gasteiger partial charge in [-0.15, -0.1) is 0 Å². The molecule has 0 bridgehead atoms. The van der Waals surface area contributed by atoms with Gasteiger partial charge >= 0.3 is 0 Å². The summed E-state index contributed by atoms with van der Waals surface area (Å²) >= 11 is 15.3. The molecule has 0 unspecified atom stereocenters. The van der Waals surface area contributed by atoms with Crippen molar-refractivity contribution in [3.63, 3.8) is 0 Å². The lowest BCUT2D eigenvalue weighted by molar-refractivity contribution is 1.15. The van der Waals surface area contributed by atoms with Crippen LogP contribution in [0.4, 0.5) is 5.69 Å². The van der Waals surface area contributed by atoms with Gasteiger partial charge in [-0.3, -0.25) is 0 Å². The van der Waals surface area contributed by atoms with Gasteiger partial charge in [0.1, 0.15) is 0 Å². The summed E-state index contributed by atoms with van der Waals surface area (Å²) in [5, 5.41) is 4.52. The fourth-order valence-electron chi connectivity index (χ4n) is 1.61. The van der Waals surface area contributed by atoms with E-state index in [0.717, 1.165) is 22.3 Å². The first-order valence-corrected chi connectivity index (χ1v) is 7.05. The predicted molar refractivity (Wildman–Crippen MR) is 82.7 cm³/mol. The molecule has 94 valence electrons. The Hall–Kier alpha value is -0.700. The second-order valence-corrected chi connectivity index (χ2v) is 5.73. The van der Waals surface area contributed by atoms with Crippen LogP contribution in [0.5, 0.6) is 0 Å². The second-order valence-electron chi connectivity index (χ2n) is 4.07. The lowest BCUT2D eigenvalue weighted by atomic mass is 10.2. The highest BCUT2D eigenvalue weighted by Crippen LogP contribution is 2.24. The maximum Gasteiger partial charge on any atom is 0.0595 e. The van der Waals surface area contributed by atoms with Crippen LogP contribution in [-0.2, 0) is 6.54 Å². The maximum absolute atomic E-state index is 5.98. The minimum absolute atomic E-state index is 0.583. The Kier molecular flexibility index (Phi) is 4.55. The molecular formula is C14H12BrCl2N. The molecule has 4 heteroatoms. The number of nitrogens with one attached hydrogen (secondary N) is 1. The third kappa shape index (κ3) is 3.41. The van der Waals surface area contributed by atoms with Crippen LogP contribution in [-0.4, -0.2) is 0 Å². The van der Waals surface area contributed by atoms with Gasteiger partial charge in [0.25, 0.3) is 0 Å². The molecule has 0 aliphatic carbocycles. The smallest absolute Gasteiger partial charge is 0.0595 e. The molecule has 1 N–H and O–H groups in total. The van der Waals surface area contributed by atoms with E-state index in [1.54, 1.807) is 0 Å². The maximum atomic E-state index is 5.98. The van der Waals surface area contributed by atoms with Crippen LogP contribution >= 0.6 is 39.1 Å². The summed E-state index contributed by atoms with van der Waals surface area (Å²) in [7, 11) is 0. The highest BCUT2D eigenvalue weighted by atomic mass is 79.9. The molecule has 2 aromatic carbocycles. The summed E-state index contributed by atoms with van der Waals surface area (Å²) in [6.45, 7) is 2.78. The Morgan fingerprint density at radius 1 is 1.06 bits per heavy atom. The van der Waals surface area contributed by atoms with Crippen LogP contribution in [0.1, 0.15) is 11.1 Å². The van der Waals surface area contributed by atoms with Crippen molar-refractivity contribution in [1.29, 1.82) is 0 Å². The van der Waals surface area contributed by atoms with Crippen molar-refractivity contribution in [2.75, 3.05) is 5.32 Å². The fraction of sp³-hybridized carbons (Fsp3) is 0.143. The second kappa shape index (κ2) is 5.96. The van der Waals surface area contributed by atoms with E-state index in [1.165, 1.54) is 5.56 Å². The zero-order valence-electron chi connectivity index (χ0n) is 9.81. The van der Waals surface area contributed by atoms with Gasteiger partial charge in [-0.1, -0.05) is 45.2 Å². The summed E-state index contributed by atoms with van der Waals surface area (Å²) in [6, 6.07) is 11.8. The van der Waals surface area contributed by atoms with Crippen LogP contribution in [0.25, 0.3) is 0 Å². The Labute approximate surface area is 125 Å². The molecule has 0 aliphatic rings. The van der Waals surface area contributed by atoms with Gasteiger partial charge in [-0.05, 0) is 48.4 Å². The van der Waals surface area contributed by atoms with E-state index in [-0.39, 0.29) is 0 Å². The number of benzene rings is 2. The lowest BCUT2D eigenvalue weighted by Crippen LogP contribution is -1.99. The quantitative estimate of drug-likeness (QED) is 0.755. The van der Waals surface area contributed by atoms with Crippen molar-refractivity contribution in [3.05, 3.63) is 62.0 Å². The minimum atomic E-state index is 0.583. The van der Waals surface area contributed by atoms with E-state index in [0.29, 0.717) is 10.0 Å². The van der Waals surface area contributed by atoms with Gasteiger partial charge in [-0.25, -0.2) is 0 Å². The van der Waals surface area contributed by atoms with E-state index in [1.807, 2.05) is 30.3 Å². The zero-order chi connectivity index (χ0) is 13.1. The van der Waals surface area contributed by atoms with Crippen molar-refractivity contribution in [3.8, 4) is 0 Å². The average molecular weight is 345 g/mol. The number of hydrogen-bond donors (Lipinski definition) is 1. The molecule has 1 nitrogen and oxygen atoms in total. The summed E-state index contributed by atoms with van der Waals surface area (Å²) in [5.74, 6) is 0. The van der Waals surface area contributed by atoms with Gasteiger partial charge < -0.3 is 5.32 Å². The number of rotatable bonds is 3. The van der Waals surface area contributed by atoms with Crippen LogP contribution in [0.3, 0.4) is 0 Å². The largest absolute Gasteiger partial charge is 0.381 e. The number of hydrogen-bond acceptors (Lipinski definition) is 1. The Balaban J connectivity index is 2.06. The molecule has 0 spiro atoms. The molecule has 0 heterocycles. The molecular weight excluding hydrogens is 333 g/mol. The van der Waals surface area contributed by atoms with Crippen molar-refractivity contribution < 1.29 is 0 Å². The molecule has 0 radical (unpaired) electrons. The van der Waals surface area contributed by atoms with Gasteiger partial charge in [0.2, 0.25) is 0 Å². The lowest BCUT2D eigenvalue weighted by Gasteiger charge is -2.09. The van der Waals surface area contributed by atoms with E-state index < -0.39 is 0 Å². The SMILES string of the molecule is Cc1cc(NCc2ccc(Cl)c(Cl)c2)ccc1Br. The summed E-state index contributed by atoms with van der Waals surface area (Å²) in [4.78, 5) is 0. The molecule has 0 atom stereocenters. The van der Waals surface area contributed by atoms with Gasteiger partial charge in [0.05, 0.1) is 10.0 Å². The number of aryl methyl sites for hydroxylation is 1. The highest BCUT2D eigenvalue weighted by Gasteiger charge is 2.01. The third-order valence-electron chi connectivity index (χ3n) is 2.64. The monoisotopic (exact) mass is 343 g/mol. The third-order valence-corrected chi connectivity index (χ3v) is 4.27. The van der Waals surface area contributed by atoms with E-state index >= 15 is 0 Å². The van der Waals surface area contributed by atoms with E-state index in [4.69, 9.17) is 23.2 Å². The Bertz CT molecular complexity index is 518. The van der Waals surface area contributed by atoms with Crippen LogP contribution in [0.15, 0.2) is 40.9 Å². The molecule has 18 heavy (non-hydrogen) atoms. The average Bonchev–Trinajstić information content (AvgIpc) is 2.35. The van der Waals surface area contributed by atoms with Crippen molar-refractivity contribution in [2.24, 2.45) is 0 Å². The first-order chi connectivity index (χ1) is 8.56. The Morgan fingerprint density at radius 2 is 1.83 bits per heavy atom. The zero-order valence-corrected chi connectivity index (χ0v) is 12.9. The molecule has 0 amide bonds. The molecule has 0 aliphatic heterocycles. The topological polar surface area (TPSA) is 12.0 Å². The molecule has 0 aromatic heterocycles. The van der Waals surface area contributed by atoms with Crippen LogP contribution in [0, 0.1) is 6.92 Å². The van der Waals surface area contributed by atoms with Crippen molar-refractivity contribution in [1.82, 2.24) is 0 Å². The van der Waals surface area contributed by atoms with E-state index in [2.05, 4.69) is 34.2 Å². The number of anilines is 1.